The summed E-state index contributed by atoms with van der Waals surface area (Å²) in [4.78, 5) is 16.6. The molecular weight excluding hydrogens is 443 g/mol. The van der Waals surface area contributed by atoms with Crippen LogP contribution in [0, 0.1) is 17.5 Å². The lowest BCUT2D eigenvalue weighted by atomic mass is 10.0. The Labute approximate surface area is 190 Å². The Balaban J connectivity index is 1.66. The SMILES string of the molecule is CN(CC(c1ccccc1Cl)N1CCOCC1)C(=O)CC(N)Cc1cc(F)c(F)cc1F. The van der Waals surface area contributed by atoms with E-state index in [4.69, 9.17) is 22.1 Å². The molecular formula is C23H27ClF3N3O2. The molecule has 9 heteroatoms. The quantitative estimate of drug-likeness (QED) is 0.601. The fourth-order valence-corrected chi connectivity index (χ4v) is 4.12. The van der Waals surface area contributed by atoms with Gasteiger partial charge in [-0.05, 0) is 29.7 Å². The lowest BCUT2D eigenvalue weighted by Gasteiger charge is -2.37. The van der Waals surface area contributed by atoms with Crippen molar-refractivity contribution in [2.75, 3.05) is 39.9 Å². The van der Waals surface area contributed by atoms with Gasteiger partial charge in [-0.15, -0.1) is 0 Å². The van der Waals surface area contributed by atoms with E-state index in [1.165, 1.54) is 0 Å². The summed E-state index contributed by atoms with van der Waals surface area (Å²) in [6, 6.07) is 7.92. The van der Waals surface area contributed by atoms with E-state index in [9.17, 15) is 18.0 Å². The van der Waals surface area contributed by atoms with Crippen LogP contribution in [0.1, 0.15) is 23.6 Å². The largest absolute Gasteiger partial charge is 0.379 e. The number of rotatable bonds is 8. The van der Waals surface area contributed by atoms with Crippen molar-refractivity contribution in [3.63, 3.8) is 0 Å². The first-order valence-electron chi connectivity index (χ1n) is 10.5. The smallest absolute Gasteiger partial charge is 0.223 e. The number of hydrogen-bond acceptors (Lipinski definition) is 4. The van der Waals surface area contributed by atoms with Crippen molar-refractivity contribution in [3.05, 3.63) is 70.0 Å². The Bertz CT molecular complexity index is 941. The second-order valence-electron chi connectivity index (χ2n) is 7.99. The van der Waals surface area contributed by atoms with E-state index >= 15 is 0 Å². The molecule has 0 radical (unpaired) electrons. The standard InChI is InChI=1S/C23H27ClF3N3O2/c1-29(23(31)12-16(28)10-15-11-20(26)21(27)13-19(15)25)14-22(30-6-8-32-9-7-30)17-4-2-3-5-18(17)24/h2-5,11,13,16,22H,6-10,12,14,28H2,1H3. The second kappa shape index (κ2) is 11.1. The number of nitrogens with zero attached hydrogens (tertiary/aromatic N) is 2. The zero-order chi connectivity index (χ0) is 23.3. The number of carbonyl (C=O) groups excluding carboxylic acids is 1. The zero-order valence-electron chi connectivity index (χ0n) is 17.9. The molecule has 1 saturated heterocycles. The van der Waals surface area contributed by atoms with E-state index in [0.717, 1.165) is 11.6 Å². The van der Waals surface area contributed by atoms with Crippen molar-refractivity contribution in [2.24, 2.45) is 5.73 Å². The zero-order valence-corrected chi connectivity index (χ0v) is 18.6. The minimum absolute atomic E-state index is 0.0610. The van der Waals surface area contributed by atoms with Crippen LogP contribution in [0.2, 0.25) is 5.02 Å². The molecule has 2 aromatic rings. The summed E-state index contributed by atoms with van der Waals surface area (Å²) >= 11 is 6.44. The van der Waals surface area contributed by atoms with Crippen LogP contribution in [-0.4, -0.2) is 61.6 Å². The summed E-state index contributed by atoms with van der Waals surface area (Å²) in [6.07, 6.45) is -0.146. The van der Waals surface area contributed by atoms with E-state index in [-0.39, 0.29) is 30.4 Å². The topological polar surface area (TPSA) is 58.8 Å². The van der Waals surface area contributed by atoms with Gasteiger partial charge in [0.2, 0.25) is 5.91 Å². The molecule has 2 atom stereocenters. The average Bonchev–Trinajstić information content (AvgIpc) is 2.76. The molecule has 1 fully saturated rings. The number of halogens is 4. The molecule has 2 unspecified atom stereocenters. The summed E-state index contributed by atoms with van der Waals surface area (Å²) in [7, 11) is 1.68. The van der Waals surface area contributed by atoms with E-state index in [1.54, 1.807) is 11.9 Å². The maximum Gasteiger partial charge on any atom is 0.223 e. The maximum atomic E-state index is 13.9. The third-order valence-corrected chi connectivity index (χ3v) is 5.98. The molecule has 2 N–H and O–H groups in total. The molecule has 1 heterocycles. The highest BCUT2D eigenvalue weighted by Crippen LogP contribution is 2.29. The molecule has 174 valence electrons. The number of amides is 1. The molecule has 32 heavy (non-hydrogen) atoms. The van der Waals surface area contributed by atoms with E-state index in [1.807, 2.05) is 24.3 Å². The molecule has 1 aliphatic rings. The van der Waals surface area contributed by atoms with Gasteiger partial charge in [0.15, 0.2) is 11.6 Å². The second-order valence-corrected chi connectivity index (χ2v) is 8.39. The first kappa shape index (κ1) is 24.5. The minimum Gasteiger partial charge on any atom is -0.379 e. The predicted molar refractivity (Wildman–Crippen MR) is 117 cm³/mol. The summed E-state index contributed by atoms with van der Waals surface area (Å²) in [5.74, 6) is -3.52. The fraction of sp³-hybridized carbons (Fsp3) is 0.435. The van der Waals surface area contributed by atoms with E-state index in [0.29, 0.717) is 43.9 Å². The maximum absolute atomic E-state index is 13.9. The van der Waals surface area contributed by atoms with Crippen molar-refractivity contribution in [2.45, 2.75) is 24.9 Å². The number of carbonyl (C=O) groups is 1. The highest BCUT2D eigenvalue weighted by molar-refractivity contribution is 6.31. The molecule has 0 saturated carbocycles. The molecule has 0 bridgehead atoms. The first-order chi connectivity index (χ1) is 15.3. The van der Waals surface area contributed by atoms with Crippen LogP contribution in [0.25, 0.3) is 0 Å². The lowest BCUT2D eigenvalue weighted by molar-refractivity contribution is -0.131. The van der Waals surface area contributed by atoms with Crippen LogP contribution in [0.5, 0.6) is 0 Å². The van der Waals surface area contributed by atoms with Gasteiger partial charge in [0.25, 0.3) is 0 Å². The van der Waals surface area contributed by atoms with Crippen molar-refractivity contribution in [1.29, 1.82) is 0 Å². The molecule has 3 rings (SSSR count). The van der Waals surface area contributed by atoms with Crippen LogP contribution in [-0.2, 0) is 16.0 Å². The van der Waals surface area contributed by atoms with Crippen molar-refractivity contribution >= 4 is 17.5 Å². The minimum atomic E-state index is -1.26. The first-order valence-corrected chi connectivity index (χ1v) is 10.8. The van der Waals surface area contributed by atoms with Gasteiger partial charge in [0.1, 0.15) is 5.82 Å². The Hall–Kier alpha value is -2.13. The highest BCUT2D eigenvalue weighted by atomic mass is 35.5. The van der Waals surface area contributed by atoms with Gasteiger partial charge >= 0.3 is 0 Å². The van der Waals surface area contributed by atoms with Crippen LogP contribution >= 0.6 is 11.6 Å². The number of morpholine rings is 1. The van der Waals surface area contributed by atoms with E-state index < -0.39 is 23.5 Å². The number of benzene rings is 2. The van der Waals surface area contributed by atoms with Crippen LogP contribution < -0.4 is 5.73 Å². The molecule has 2 aromatic carbocycles. The number of hydrogen-bond donors (Lipinski definition) is 1. The van der Waals surface area contributed by atoms with Gasteiger partial charge in [-0.3, -0.25) is 9.69 Å². The number of nitrogens with two attached hydrogens (primary N) is 1. The van der Waals surface area contributed by atoms with Crippen LogP contribution in [0.3, 0.4) is 0 Å². The van der Waals surface area contributed by atoms with Crippen LogP contribution in [0.4, 0.5) is 13.2 Å². The monoisotopic (exact) mass is 469 g/mol. The normalized spacial score (nSPS) is 16.6. The Morgan fingerprint density at radius 1 is 1.16 bits per heavy atom. The van der Waals surface area contributed by atoms with Gasteiger partial charge in [0.05, 0.1) is 19.3 Å². The van der Waals surface area contributed by atoms with Crippen molar-refractivity contribution in [1.82, 2.24) is 9.80 Å². The summed E-state index contributed by atoms with van der Waals surface area (Å²) in [5.41, 5.74) is 6.89. The molecule has 0 spiro atoms. The highest BCUT2D eigenvalue weighted by Gasteiger charge is 2.27. The van der Waals surface area contributed by atoms with E-state index in [2.05, 4.69) is 4.90 Å². The lowest BCUT2D eigenvalue weighted by Crippen LogP contribution is -2.45. The molecule has 0 aliphatic carbocycles. The third kappa shape index (κ3) is 6.22. The van der Waals surface area contributed by atoms with Crippen molar-refractivity contribution in [3.8, 4) is 0 Å². The van der Waals surface area contributed by atoms with Gasteiger partial charge in [-0.1, -0.05) is 29.8 Å². The predicted octanol–water partition coefficient (Wildman–Crippen LogP) is 3.55. The fourth-order valence-electron chi connectivity index (χ4n) is 3.86. The Morgan fingerprint density at radius 3 is 2.50 bits per heavy atom. The number of likely N-dealkylation sites (N-methyl/N-ethyl adjacent to an activating group) is 1. The van der Waals surface area contributed by atoms with Gasteiger partial charge in [-0.2, -0.15) is 0 Å². The number of ether oxygens (including phenoxy) is 1. The van der Waals surface area contributed by atoms with Crippen molar-refractivity contribution < 1.29 is 22.7 Å². The Kier molecular flexibility index (Phi) is 8.53. The summed E-state index contributed by atoms with van der Waals surface area (Å²) < 4.78 is 45.9. The molecule has 5 nitrogen and oxygen atoms in total. The molecule has 1 amide bonds. The summed E-state index contributed by atoms with van der Waals surface area (Å²) in [6.45, 7) is 3.01. The van der Waals surface area contributed by atoms with Crippen LogP contribution in [0.15, 0.2) is 36.4 Å². The van der Waals surface area contributed by atoms with Gasteiger partial charge in [-0.25, -0.2) is 13.2 Å². The Morgan fingerprint density at radius 2 is 1.81 bits per heavy atom. The van der Waals surface area contributed by atoms with Gasteiger partial charge in [0, 0.05) is 50.2 Å². The average molecular weight is 470 g/mol. The molecule has 1 aliphatic heterocycles. The third-order valence-electron chi connectivity index (χ3n) is 5.63. The summed E-state index contributed by atoms with van der Waals surface area (Å²) in [5, 5.41) is 0.621. The van der Waals surface area contributed by atoms with Gasteiger partial charge < -0.3 is 15.4 Å². The molecule has 0 aromatic heterocycles.